The second-order valence-electron chi connectivity index (χ2n) is 3.28. The molecule has 1 aromatic carbocycles. The third kappa shape index (κ3) is 2.58. The van der Waals surface area contributed by atoms with Gasteiger partial charge in [-0.05, 0) is 17.7 Å². The Hall–Kier alpha value is -2.97. The molecule has 9 nitrogen and oxygen atoms in total. The number of aromatic nitrogens is 3. The molecule has 9 heteroatoms. The summed E-state index contributed by atoms with van der Waals surface area (Å²) in [5, 5.41) is 21.5. The number of anilines is 1. The first-order chi connectivity index (χ1) is 8.66. The molecule has 0 aliphatic heterocycles. The summed E-state index contributed by atoms with van der Waals surface area (Å²) < 4.78 is 1.17. The predicted molar refractivity (Wildman–Crippen MR) is 64.5 cm³/mol. The van der Waals surface area contributed by atoms with Gasteiger partial charge in [0.1, 0.15) is 6.33 Å². The lowest BCUT2D eigenvalue weighted by molar-refractivity contribution is -0.384. The minimum atomic E-state index is -0.462. The number of nitrogens with zero attached hydrogens (tertiary/aromatic N) is 5. The molecular formula is C9H9N7O2. The van der Waals surface area contributed by atoms with Gasteiger partial charge in [-0.2, -0.15) is 5.10 Å². The Kier molecular flexibility index (Phi) is 3.14. The maximum absolute atomic E-state index is 10.4. The molecule has 0 bridgehead atoms. The minimum absolute atomic E-state index is 0.0295. The minimum Gasteiger partial charge on any atom is -0.335 e. The van der Waals surface area contributed by atoms with Crippen molar-refractivity contribution in [3.8, 4) is 0 Å². The molecule has 0 fully saturated rings. The molecule has 1 aromatic heterocycles. The number of nitro groups is 1. The molecule has 0 aliphatic carbocycles. The number of hydrogen-bond acceptors (Lipinski definition) is 7. The summed E-state index contributed by atoms with van der Waals surface area (Å²) in [7, 11) is 0. The summed E-state index contributed by atoms with van der Waals surface area (Å²) >= 11 is 0. The van der Waals surface area contributed by atoms with E-state index in [-0.39, 0.29) is 11.6 Å². The van der Waals surface area contributed by atoms with Gasteiger partial charge in [0.05, 0.1) is 11.1 Å². The van der Waals surface area contributed by atoms with E-state index in [9.17, 15) is 10.1 Å². The molecule has 92 valence electrons. The van der Waals surface area contributed by atoms with Crippen LogP contribution in [0, 0.1) is 10.1 Å². The number of benzene rings is 1. The van der Waals surface area contributed by atoms with Crippen LogP contribution in [-0.4, -0.2) is 26.0 Å². The van der Waals surface area contributed by atoms with Crippen molar-refractivity contribution >= 4 is 17.9 Å². The zero-order valence-corrected chi connectivity index (χ0v) is 9.09. The van der Waals surface area contributed by atoms with E-state index in [1.54, 1.807) is 12.1 Å². The number of rotatable bonds is 4. The molecular weight excluding hydrogens is 238 g/mol. The fourth-order valence-electron chi connectivity index (χ4n) is 1.17. The smallest absolute Gasteiger partial charge is 0.269 e. The average Bonchev–Trinajstić information content (AvgIpc) is 2.76. The average molecular weight is 247 g/mol. The van der Waals surface area contributed by atoms with Crippen molar-refractivity contribution < 1.29 is 4.92 Å². The topological polar surface area (TPSA) is 124 Å². The van der Waals surface area contributed by atoms with Gasteiger partial charge in [0.15, 0.2) is 0 Å². The van der Waals surface area contributed by atoms with Crippen LogP contribution in [0.4, 0.5) is 11.6 Å². The maximum atomic E-state index is 10.4. The number of nitro benzene ring substituents is 1. The van der Waals surface area contributed by atoms with E-state index in [1.807, 2.05) is 0 Å². The van der Waals surface area contributed by atoms with Crippen LogP contribution in [0.5, 0.6) is 0 Å². The van der Waals surface area contributed by atoms with Crippen molar-refractivity contribution in [3.63, 3.8) is 0 Å². The Morgan fingerprint density at radius 1 is 1.44 bits per heavy atom. The Morgan fingerprint density at radius 3 is 2.72 bits per heavy atom. The largest absolute Gasteiger partial charge is 0.335 e. The van der Waals surface area contributed by atoms with E-state index in [4.69, 9.17) is 5.84 Å². The molecule has 0 atom stereocenters. The molecule has 3 N–H and O–H groups in total. The van der Waals surface area contributed by atoms with Crippen molar-refractivity contribution in [2.24, 2.45) is 5.10 Å². The Morgan fingerprint density at radius 2 is 2.17 bits per heavy atom. The third-order valence-electron chi connectivity index (χ3n) is 2.06. The summed E-state index contributed by atoms with van der Waals surface area (Å²) in [5.74, 6) is 5.74. The monoisotopic (exact) mass is 247 g/mol. The molecule has 0 amide bonds. The van der Waals surface area contributed by atoms with Crippen LogP contribution in [-0.2, 0) is 0 Å². The van der Waals surface area contributed by atoms with E-state index in [0.29, 0.717) is 5.56 Å². The summed E-state index contributed by atoms with van der Waals surface area (Å²) in [5.41, 5.74) is 3.31. The highest BCUT2D eigenvalue weighted by atomic mass is 16.6. The molecule has 0 aliphatic rings. The standard InChI is InChI=1S/C9H9N7O2/c10-15-6-12-14-9(15)13-11-5-7-1-3-8(4-2-7)16(17)18/h1-6H,10H2,(H,13,14)/b11-5-. The second-order valence-corrected chi connectivity index (χ2v) is 3.28. The van der Waals surface area contributed by atoms with Crippen molar-refractivity contribution in [2.45, 2.75) is 0 Å². The van der Waals surface area contributed by atoms with Crippen LogP contribution >= 0.6 is 0 Å². The van der Waals surface area contributed by atoms with E-state index in [1.165, 1.54) is 29.4 Å². The number of nitrogens with one attached hydrogen (secondary N) is 1. The normalized spacial score (nSPS) is 10.7. The molecule has 0 saturated carbocycles. The fourth-order valence-corrected chi connectivity index (χ4v) is 1.17. The molecule has 18 heavy (non-hydrogen) atoms. The number of non-ortho nitro benzene ring substituents is 1. The third-order valence-corrected chi connectivity index (χ3v) is 2.06. The van der Waals surface area contributed by atoms with Crippen molar-refractivity contribution in [3.05, 3.63) is 46.3 Å². The molecule has 0 unspecified atom stereocenters. The van der Waals surface area contributed by atoms with Gasteiger partial charge < -0.3 is 5.84 Å². The SMILES string of the molecule is Nn1cnnc1N/N=C\c1ccc([N+](=O)[O-])cc1. The van der Waals surface area contributed by atoms with Crippen LogP contribution < -0.4 is 11.3 Å². The van der Waals surface area contributed by atoms with Gasteiger partial charge in [0.25, 0.3) is 11.6 Å². The molecule has 0 radical (unpaired) electrons. The first-order valence-electron chi connectivity index (χ1n) is 4.85. The Labute approximate surface area is 101 Å². The lowest BCUT2D eigenvalue weighted by Crippen LogP contribution is -2.10. The van der Waals surface area contributed by atoms with Crippen molar-refractivity contribution in [1.82, 2.24) is 14.9 Å². The second kappa shape index (κ2) is 4.91. The predicted octanol–water partition coefficient (Wildman–Crippen LogP) is 0.346. The molecule has 2 aromatic rings. The zero-order chi connectivity index (χ0) is 13.0. The molecule has 0 spiro atoms. The lowest BCUT2D eigenvalue weighted by Gasteiger charge is -1.97. The highest BCUT2D eigenvalue weighted by Crippen LogP contribution is 2.10. The van der Waals surface area contributed by atoms with Crippen LogP contribution in [0.1, 0.15) is 5.56 Å². The van der Waals surface area contributed by atoms with Crippen LogP contribution in [0.2, 0.25) is 0 Å². The Balaban J connectivity index is 2.01. The van der Waals surface area contributed by atoms with Gasteiger partial charge in [-0.25, -0.2) is 10.1 Å². The zero-order valence-electron chi connectivity index (χ0n) is 9.09. The highest BCUT2D eigenvalue weighted by Gasteiger charge is 2.02. The van der Waals surface area contributed by atoms with Crippen molar-refractivity contribution in [1.29, 1.82) is 0 Å². The number of nitrogen functional groups attached to an aromatic ring is 1. The molecule has 1 heterocycles. The van der Waals surface area contributed by atoms with E-state index in [0.717, 1.165) is 0 Å². The summed E-state index contributed by atoms with van der Waals surface area (Å²) in [6.07, 6.45) is 2.81. The molecule has 2 rings (SSSR count). The van der Waals surface area contributed by atoms with Crippen LogP contribution in [0.15, 0.2) is 35.7 Å². The van der Waals surface area contributed by atoms with Crippen molar-refractivity contribution in [2.75, 3.05) is 11.3 Å². The van der Waals surface area contributed by atoms with Gasteiger partial charge >= 0.3 is 0 Å². The van der Waals surface area contributed by atoms with Gasteiger partial charge in [0, 0.05) is 12.1 Å². The van der Waals surface area contributed by atoms with Gasteiger partial charge in [-0.3, -0.25) is 10.1 Å². The number of nitrogens with two attached hydrogens (primary N) is 1. The van der Waals surface area contributed by atoms with Gasteiger partial charge in [0.2, 0.25) is 0 Å². The quantitative estimate of drug-likeness (QED) is 0.347. The number of hydrazone groups is 1. The first kappa shape index (κ1) is 11.5. The maximum Gasteiger partial charge on any atom is 0.269 e. The molecule has 0 saturated heterocycles. The van der Waals surface area contributed by atoms with E-state index >= 15 is 0 Å². The van der Waals surface area contributed by atoms with Crippen LogP contribution in [0.25, 0.3) is 0 Å². The summed E-state index contributed by atoms with van der Waals surface area (Å²) in [4.78, 5) is 9.98. The van der Waals surface area contributed by atoms with Crippen LogP contribution in [0.3, 0.4) is 0 Å². The van der Waals surface area contributed by atoms with Gasteiger partial charge in [-0.15, -0.1) is 10.2 Å². The number of hydrogen-bond donors (Lipinski definition) is 2. The summed E-state index contributed by atoms with van der Waals surface area (Å²) in [6.45, 7) is 0. The fraction of sp³-hybridized carbons (Fsp3) is 0. The Bertz CT molecular complexity index is 575. The first-order valence-corrected chi connectivity index (χ1v) is 4.85. The summed E-state index contributed by atoms with van der Waals surface area (Å²) in [6, 6.07) is 5.95. The van der Waals surface area contributed by atoms with E-state index < -0.39 is 4.92 Å². The van der Waals surface area contributed by atoms with E-state index in [2.05, 4.69) is 20.7 Å². The lowest BCUT2D eigenvalue weighted by atomic mass is 10.2. The van der Waals surface area contributed by atoms with Gasteiger partial charge in [-0.1, -0.05) is 0 Å². The highest BCUT2D eigenvalue weighted by molar-refractivity contribution is 5.80.